The van der Waals surface area contributed by atoms with Crippen LogP contribution in [0.1, 0.15) is 50.5 Å². The Morgan fingerprint density at radius 1 is 1.28 bits per heavy atom. The lowest BCUT2D eigenvalue weighted by Crippen LogP contribution is -2.50. The molecule has 8 heteroatoms. The van der Waals surface area contributed by atoms with Crippen LogP contribution in [0.4, 0.5) is 10.5 Å². The Morgan fingerprint density at radius 2 is 2.03 bits per heavy atom. The Morgan fingerprint density at radius 3 is 2.72 bits per heavy atom. The summed E-state index contributed by atoms with van der Waals surface area (Å²) in [5.74, 6) is 3.05. The van der Waals surface area contributed by atoms with Crippen molar-refractivity contribution in [3.05, 3.63) is 22.7 Å². The molecule has 0 radical (unpaired) electrons. The molecule has 4 rings (SSSR count). The predicted molar refractivity (Wildman–Crippen MR) is 123 cm³/mol. The number of nitrogens with two attached hydrogens (primary N) is 1. The van der Waals surface area contributed by atoms with Gasteiger partial charge < -0.3 is 25.4 Å². The molecule has 1 aromatic carbocycles. The van der Waals surface area contributed by atoms with Crippen LogP contribution in [-0.2, 0) is 11.2 Å². The number of piperidine rings is 1. The van der Waals surface area contributed by atoms with Gasteiger partial charge in [0.25, 0.3) is 0 Å². The Labute approximate surface area is 193 Å². The van der Waals surface area contributed by atoms with E-state index in [1.807, 2.05) is 0 Å². The summed E-state index contributed by atoms with van der Waals surface area (Å²) >= 11 is 6.72. The van der Waals surface area contributed by atoms with E-state index >= 15 is 0 Å². The first-order valence-electron chi connectivity index (χ1n) is 11.3. The van der Waals surface area contributed by atoms with Gasteiger partial charge in [-0.05, 0) is 57.1 Å². The van der Waals surface area contributed by atoms with Crippen molar-refractivity contribution < 1.29 is 19.4 Å². The zero-order valence-electron chi connectivity index (χ0n) is 18.2. The highest BCUT2D eigenvalue weighted by Crippen LogP contribution is 2.45. The van der Waals surface area contributed by atoms with Gasteiger partial charge in [-0.1, -0.05) is 11.6 Å². The fourth-order valence-electron chi connectivity index (χ4n) is 5.59. The second kappa shape index (κ2) is 9.21. The van der Waals surface area contributed by atoms with Crippen molar-refractivity contribution in [1.82, 2.24) is 4.90 Å². The fraction of sp³-hybridized carbons (Fsp3) is 0.583. The molecule has 3 N–H and O–H groups in total. The smallest absolute Gasteiger partial charge is 0.409 e. The average Bonchev–Trinajstić information content (AvgIpc) is 3.06. The van der Waals surface area contributed by atoms with Gasteiger partial charge in [0.1, 0.15) is 5.75 Å². The first-order valence-corrected chi connectivity index (χ1v) is 11.7. The summed E-state index contributed by atoms with van der Waals surface area (Å²) in [6.07, 6.45) is 10.4. The summed E-state index contributed by atoms with van der Waals surface area (Å²) in [6, 6.07) is 3.70. The van der Waals surface area contributed by atoms with Gasteiger partial charge in [0.15, 0.2) is 0 Å². The standard InChI is InChI=1S/C24H30ClN3O4/c1-2-4-18-20(32-23(26)31)10-9-19(21(18)25)27-13-3-11-24(15-27)12-14-28(22(24)30)16-5-7-17(29)8-6-16/h1,9-10,16-17,29H,3-8,11-15H2,(H2,26,31)/t16?,17?,24-/m1/s1. The minimum atomic E-state index is -0.920. The number of hydrogen-bond acceptors (Lipinski definition) is 5. The molecule has 7 nitrogen and oxygen atoms in total. The first-order chi connectivity index (χ1) is 15.3. The molecule has 3 aliphatic rings. The topological polar surface area (TPSA) is 96.1 Å². The third-order valence-electron chi connectivity index (χ3n) is 7.24. The molecule has 2 aliphatic heterocycles. The Hall–Kier alpha value is -2.43. The van der Waals surface area contributed by atoms with Crippen LogP contribution >= 0.6 is 11.6 Å². The number of carbonyl (C=O) groups is 2. The molecule has 0 bridgehead atoms. The molecule has 172 valence electrons. The average molecular weight is 460 g/mol. The van der Waals surface area contributed by atoms with Crippen LogP contribution in [0.15, 0.2) is 12.1 Å². The number of hydrogen-bond donors (Lipinski definition) is 2. The quantitative estimate of drug-likeness (QED) is 0.674. The Balaban J connectivity index is 1.55. The number of carbonyl (C=O) groups excluding carboxylic acids is 2. The minimum absolute atomic E-state index is 0.203. The van der Waals surface area contributed by atoms with Gasteiger partial charge in [-0.2, -0.15) is 0 Å². The summed E-state index contributed by atoms with van der Waals surface area (Å²) < 4.78 is 5.08. The first kappa shape index (κ1) is 22.8. The number of amides is 2. The molecule has 2 heterocycles. The maximum Gasteiger partial charge on any atom is 0.409 e. The van der Waals surface area contributed by atoms with E-state index in [9.17, 15) is 14.7 Å². The lowest BCUT2D eigenvalue weighted by atomic mass is 9.78. The number of nitrogens with zero attached hydrogens (tertiary/aromatic N) is 2. The Bertz CT molecular complexity index is 938. The van der Waals surface area contributed by atoms with Crippen molar-refractivity contribution in [2.45, 2.75) is 63.5 Å². The fourth-order valence-corrected chi connectivity index (χ4v) is 5.93. The predicted octanol–water partition coefficient (Wildman–Crippen LogP) is 3.10. The summed E-state index contributed by atoms with van der Waals surface area (Å²) in [7, 11) is 0. The highest BCUT2D eigenvalue weighted by Gasteiger charge is 2.50. The lowest BCUT2D eigenvalue weighted by molar-refractivity contribution is -0.139. The summed E-state index contributed by atoms with van der Waals surface area (Å²) in [6.45, 7) is 2.16. The molecule has 1 saturated carbocycles. The van der Waals surface area contributed by atoms with Crippen LogP contribution in [-0.4, -0.2) is 53.8 Å². The van der Waals surface area contributed by atoms with Crippen LogP contribution in [0.5, 0.6) is 5.75 Å². The number of ether oxygens (including phenoxy) is 1. The maximum absolute atomic E-state index is 13.6. The third-order valence-corrected chi connectivity index (χ3v) is 7.66. The van der Waals surface area contributed by atoms with E-state index in [-0.39, 0.29) is 30.2 Å². The van der Waals surface area contributed by atoms with Gasteiger partial charge in [-0.3, -0.25) is 4.79 Å². The summed E-state index contributed by atoms with van der Waals surface area (Å²) in [4.78, 5) is 29.0. The molecule has 2 saturated heterocycles. The molecule has 0 unspecified atom stereocenters. The van der Waals surface area contributed by atoms with Crippen LogP contribution in [0, 0.1) is 17.8 Å². The lowest BCUT2D eigenvalue weighted by Gasteiger charge is -2.41. The van der Waals surface area contributed by atoms with Crippen molar-refractivity contribution >= 4 is 29.3 Å². The van der Waals surface area contributed by atoms with Gasteiger partial charge in [0.2, 0.25) is 5.91 Å². The zero-order chi connectivity index (χ0) is 22.9. The van der Waals surface area contributed by atoms with Crippen molar-refractivity contribution in [2.24, 2.45) is 11.1 Å². The number of aliphatic hydroxyl groups excluding tert-OH is 1. The summed E-state index contributed by atoms with van der Waals surface area (Å²) in [5, 5.41) is 10.3. The number of terminal acetylenes is 1. The van der Waals surface area contributed by atoms with Gasteiger partial charge in [-0.15, -0.1) is 12.3 Å². The normalized spacial score (nSPS) is 28.1. The molecule has 32 heavy (non-hydrogen) atoms. The highest BCUT2D eigenvalue weighted by molar-refractivity contribution is 6.34. The monoisotopic (exact) mass is 459 g/mol. The molecule has 1 aromatic rings. The second-order valence-electron chi connectivity index (χ2n) is 9.19. The van der Waals surface area contributed by atoms with E-state index in [1.165, 1.54) is 0 Å². The number of anilines is 1. The van der Waals surface area contributed by atoms with Gasteiger partial charge >= 0.3 is 6.09 Å². The minimum Gasteiger partial charge on any atom is -0.410 e. The third kappa shape index (κ3) is 4.26. The number of halogens is 1. The van der Waals surface area contributed by atoms with E-state index in [4.69, 9.17) is 28.5 Å². The molecular weight excluding hydrogens is 430 g/mol. The van der Waals surface area contributed by atoms with Gasteiger partial charge in [-0.25, -0.2) is 4.79 Å². The van der Waals surface area contributed by atoms with E-state index in [1.54, 1.807) is 12.1 Å². The van der Waals surface area contributed by atoms with Crippen molar-refractivity contribution in [1.29, 1.82) is 0 Å². The maximum atomic E-state index is 13.6. The van der Waals surface area contributed by atoms with Gasteiger partial charge in [0.05, 0.1) is 22.2 Å². The highest BCUT2D eigenvalue weighted by atomic mass is 35.5. The van der Waals surface area contributed by atoms with Crippen LogP contribution in [0.25, 0.3) is 0 Å². The van der Waals surface area contributed by atoms with Gasteiger partial charge in [0, 0.05) is 37.7 Å². The second-order valence-corrected chi connectivity index (χ2v) is 9.57. The van der Waals surface area contributed by atoms with Crippen molar-refractivity contribution in [3.63, 3.8) is 0 Å². The molecule has 1 atom stereocenters. The number of primary amides is 1. The molecule has 2 amide bonds. The van der Waals surface area contributed by atoms with Crippen LogP contribution in [0.3, 0.4) is 0 Å². The largest absolute Gasteiger partial charge is 0.410 e. The molecular formula is C24H30ClN3O4. The molecule has 1 aliphatic carbocycles. The number of likely N-dealkylation sites (tertiary alicyclic amines) is 1. The SMILES string of the molecule is C#CCc1c(OC(N)=O)ccc(N2CCC[C@@]3(CCN(C4CCC(O)CC4)C3=O)C2)c1Cl. The van der Waals surface area contributed by atoms with Crippen LogP contribution < -0.4 is 15.4 Å². The van der Waals surface area contributed by atoms with Crippen molar-refractivity contribution in [2.75, 3.05) is 24.5 Å². The van der Waals surface area contributed by atoms with E-state index in [2.05, 4.69) is 15.7 Å². The number of benzene rings is 1. The van der Waals surface area contributed by atoms with E-state index in [0.717, 1.165) is 63.7 Å². The zero-order valence-corrected chi connectivity index (χ0v) is 18.9. The van der Waals surface area contributed by atoms with Crippen molar-refractivity contribution in [3.8, 4) is 18.1 Å². The Kier molecular flexibility index (Phi) is 6.55. The number of aliphatic hydroxyl groups is 1. The molecule has 1 spiro atoms. The van der Waals surface area contributed by atoms with Crippen LogP contribution in [0.2, 0.25) is 5.02 Å². The number of rotatable bonds is 4. The summed E-state index contributed by atoms with van der Waals surface area (Å²) in [5.41, 5.74) is 6.10. The van der Waals surface area contributed by atoms with E-state index in [0.29, 0.717) is 17.1 Å². The molecule has 3 fully saturated rings. The molecule has 0 aromatic heterocycles. The van der Waals surface area contributed by atoms with E-state index < -0.39 is 11.5 Å².